The molecule has 0 spiro atoms. The number of carbonyl (C=O) groups is 1. The second-order valence-electron chi connectivity index (χ2n) is 7.68. The summed E-state index contributed by atoms with van der Waals surface area (Å²) in [6, 6.07) is 10.3. The van der Waals surface area contributed by atoms with Gasteiger partial charge in [-0.2, -0.15) is 0 Å². The number of halogens is 1. The molecule has 0 saturated carbocycles. The number of hydrogen-bond donors (Lipinski definition) is 1. The van der Waals surface area contributed by atoms with Crippen LogP contribution in [0, 0.1) is 11.8 Å². The molecule has 2 aliphatic heterocycles. The van der Waals surface area contributed by atoms with Crippen molar-refractivity contribution in [1.29, 1.82) is 0 Å². The Morgan fingerprint density at radius 2 is 2.08 bits per heavy atom. The highest BCUT2D eigenvalue weighted by Gasteiger charge is 2.27. The van der Waals surface area contributed by atoms with Gasteiger partial charge in [-0.3, -0.25) is 4.79 Å². The smallest absolute Gasteiger partial charge is 0.223 e. The predicted octanol–water partition coefficient (Wildman–Crippen LogP) is 3.64. The molecule has 3 unspecified atom stereocenters. The highest BCUT2D eigenvalue weighted by Crippen LogP contribution is 2.24. The average molecular weight is 381 g/mol. The molecule has 1 aromatic carbocycles. The van der Waals surface area contributed by atoms with Crippen LogP contribution in [0.3, 0.4) is 0 Å². The summed E-state index contributed by atoms with van der Waals surface area (Å²) in [5.41, 5.74) is 1.20. The normalized spacial score (nSPS) is 23.9. The van der Waals surface area contributed by atoms with Crippen LogP contribution in [0.2, 0.25) is 0 Å². The van der Waals surface area contributed by atoms with Crippen LogP contribution in [-0.2, 0) is 16.1 Å². The first-order chi connectivity index (χ1) is 12.2. The first kappa shape index (κ1) is 21.2. The Kier molecular flexibility index (Phi) is 8.89. The summed E-state index contributed by atoms with van der Waals surface area (Å²) >= 11 is 0. The third-order valence-corrected chi connectivity index (χ3v) is 5.65. The van der Waals surface area contributed by atoms with Gasteiger partial charge in [0, 0.05) is 26.1 Å². The summed E-state index contributed by atoms with van der Waals surface area (Å²) in [6.07, 6.45) is 5.51. The molecule has 1 amide bonds. The molecule has 0 aliphatic carbocycles. The standard InChI is InChI=1S/C21H32N2O2.ClH/c1-17(19-9-5-11-22-14-19)13-21(24)23(16-20-10-6-12-25-20)15-18-7-3-2-4-8-18;/h2-4,7-8,17,19-20,22H,5-6,9-16H2,1H3;1H. The minimum atomic E-state index is 0. The number of amides is 1. The van der Waals surface area contributed by atoms with Gasteiger partial charge in [0.05, 0.1) is 6.10 Å². The molecule has 3 atom stereocenters. The topological polar surface area (TPSA) is 41.6 Å². The minimum absolute atomic E-state index is 0. The number of ether oxygens (including phenoxy) is 1. The summed E-state index contributed by atoms with van der Waals surface area (Å²) in [5.74, 6) is 1.33. The number of nitrogens with zero attached hydrogens (tertiary/aromatic N) is 1. The molecule has 0 bridgehead atoms. The molecule has 0 radical (unpaired) electrons. The first-order valence-electron chi connectivity index (χ1n) is 9.86. The van der Waals surface area contributed by atoms with Gasteiger partial charge in [0.15, 0.2) is 0 Å². The van der Waals surface area contributed by atoms with Gasteiger partial charge < -0.3 is 15.0 Å². The lowest BCUT2D eigenvalue weighted by Crippen LogP contribution is -2.39. The molecule has 5 heteroatoms. The van der Waals surface area contributed by atoms with E-state index in [1.165, 1.54) is 18.4 Å². The number of carbonyl (C=O) groups excluding carboxylic acids is 1. The summed E-state index contributed by atoms with van der Waals surface area (Å²) < 4.78 is 5.79. The van der Waals surface area contributed by atoms with Crippen molar-refractivity contribution in [2.24, 2.45) is 11.8 Å². The largest absolute Gasteiger partial charge is 0.376 e. The maximum Gasteiger partial charge on any atom is 0.223 e. The second-order valence-corrected chi connectivity index (χ2v) is 7.68. The van der Waals surface area contributed by atoms with Gasteiger partial charge in [0.2, 0.25) is 5.91 Å². The Balaban J connectivity index is 0.00000243. The summed E-state index contributed by atoms with van der Waals surface area (Å²) in [7, 11) is 0. The maximum absolute atomic E-state index is 13.0. The maximum atomic E-state index is 13.0. The van der Waals surface area contributed by atoms with Crippen LogP contribution in [0.15, 0.2) is 30.3 Å². The van der Waals surface area contributed by atoms with Crippen LogP contribution in [0.1, 0.15) is 44.6 Å². The molecular weight excluding hydrogens is 348 g/mol. The highest BCUT2D eigenvalue weighted by atomic mass is 35.5. The van der Waals surface area contributed by atoms with E-state index in [0.29, 0.717) is 24.8 Å². The van der Waals surface area contributed by atoms with Crippen molar-refractivity contribution in [1.82, 2.24) is 10.2 Å². The fourth-order valence-electron chi connectivity index (χ4n) is 4.03. The molecule has 2 saturated heterocycles. The Bertz CT molecular complexity index is 528. The van der Waals surface area contributed by atoms with Crippen LogP contribution in [0.4, 0.5) is 0 Å². The van der Waals surface area contributed by atoms with Gasteiger partial charge in [-0.1, -0.05) is 37.3 Å². The van der Waals surface area contributed by atoms with Crippen molar-refractivity contribution in [3.63, 3.8) is 0 Å². The fraction of sp³-hybridized carbons (Fsp3) is 0.667. The van der Waals surface area contributed by atoms with Crippen LogP contribution in [0.5, 0.6) is 0 Å². The van der Waals surface area contributed by atoms with E-state index in [0.717, 1.165) is 39.1 Å². The highest BCUT2D eigenvalue weighted by molar-refractivity contribution is 5.85. The minimum Gasteiger partial charge on any atom is -0.376 e. The van der Waals surface area contributed by atoms with Crippen molar-refractivity contribution in [2.45, 2.75) is 51.7 Å². The fourth-order valence-corrected chi connectivity index (χ4v) is 4.03. The van der Waals surface area contributed by atoms with E-state index in [1.54, 1.807) is 0 Å². The van der Waals surface area contributed by atoms with Crippen LogP contribution >= 0.6 is 12.4 Å². The Hall–Kier alpha value is -1.10. The number of nitrogens with one attached hydrogen (secondary N) is 1. The molecule has 1 aromatic rings. The van der Waals surface area contributed by atoms with E-state index in [9.17, 15) is 4.79 Å². The van der Waals surface area contributed by atoms with Gasteiger partial charge in [-0.25, -0.2) is 0 Å². The van der Waals surface area contributed by atoms with E-state index in [1.807, 2.05) is 23.1 Å². The molecule has 0 aromatic heterocycles. The number of benzene rings is 1. The van der Waals surface area contributed by atoms with E-state index < -0.39 is 0 Å². The Morgan fingerprint density at radius 3 is 2.73 bits per heavy atom. The van der Waals surface area contributed by atoms with Crippen molar-refractivity contribution in [2.75, 3.05) is 26.2 Å². The van der Waals surface area contributed by atoms with Crippen molar-refractivity contribution in [3.8, 4) is 0 Å². The zero-order valence-electron chi connectivity index (χ0n) is 15.9. The zero-order chi connectivity index (χ0) is 17.5. The number of piperidine rings is 1. The summed E-state index contributed by atoms with van der Waals surface area (Å²) in [5, 5.41) is 3.47. The molecule has 4 nitrogen and oxygen atoms in total. The predicted molar refractivity (Wildman–Crippen MR) is 107 cm³/mol. The molecular formula is C21H33ClN2O2. The lowest BCUT2D eigenvalue weighted by atomic mass is 9.85. The van der Waals surface area contributed by atoms with Gasteiger partial charge in [-0.15, -0.1) is 12.4 Å². The SMILES string of the molecule is CC(CC(=O)N(Cc1ccccc1)CC1CCCO1)C1CCCNC1.Cl. The Labute approximate surface area is 164 Å². The van der Waals surface area contributed by atoms with Gasteiger partial charge >= 0.3 is 0 Å². The molecule has 146 valence electrons. The van der Waals surface area contributed by atoms with Crippen molar-refractivity contribution >= 4 is 18.3 Å². The zero-order valence-corrected chi connectivity index (χ0v) is 16.7. The molecule has 26 heavy (non-hydrogen) atoms. The van der Waals surface area contributed by atoms with Crippen LogP contribution in [-0.4, -0.2) is 43.2 Å². The Morgan fingerprint density at radius 1 is 1.27 bits per heavy atom. The van der Waals surface area contributed by atoms with Crippen molar-refractivity contribution in [3.05, 3.63) is 35.9 Å². The lowest BCUT2D eigenvalue weighted by Gasteiger charge is -2.31. The van der Waals surface area contributed by atoms with Gasteiger partial charge in [0.1, 0.15) is 0 Å². The van der Waals surface area contributed by atoms with Crippen LogP contribution in [0.25, 0.3) is 0 Å². The molecule has 2 heterocycles. The quantitative estimate of drug-likeness (QED) is 0.785. The van der Waals surface area contributed by atoms with E-state index in [4.69, 9.17) is 4.74 Å². The molecule has 2 aliphatic rings. The van der Waals surface area contributed by atoms with E-state index >= 15 is 0 Å². The molecule has 1 N–H and O–H groups in total. The molecule has 3 rings (SSSR count). The number of rotatable bonds is 7. The monoisotopic (exact) mass is 380 g/mol. The first-order valence-corrected chi connectivity index (χ1v) is 9.86. The van der Waals surface area contributed by atoms with Gasteiger partial charge in [-0.05, 0) is 56.2 Å². The average Bonchev–Trinajstić information content (AvgIpc) is 3.16. The second kappa shape index (κ2) is 10.9. The summed E-state index contributed by atoms with van der Waals surface area (Å²) in [6.45, 7) is 6.66. The van der Waals surface area contributed by atoms with Crippen molar-refractivity contribution < 1.29 is 9.53 Å². The van der Waals surface area contributed by atoms with Crippen LogP contribution < -0.4 is 5.32 Å². The number of hydrogen-bond acceptors (Lipinski definition) is 3. The third-order valence-electron chi connectivity index (χ3n) is 5.65. The summed E-state index contributed by atoms with van der Waals surface area (Å²) in [4.78, 5) is 15.1. The third kappa shape index (κ3) is 6.26. The van der Waals surface area contributed by atoms with E-state index in [2.05, 4.69) is 24.4 Å². The van der Waals surface area contributed by atoms with E-state index in [-0.39, 0.29) is 24.4 Å². The van der Waals surface area contributed by atoms with Gasteiger partial charge in [0.25, 0.3) is 0 Å². The lowest BCUT2D eigenvalue weighted by molar-refractivity contribution is -0.134. The molecule has 2 fully saturated rings.